The van der Waals surface area contributed by atoms with E-state index in [1.807, 2.05) is 0 Å². The lowest BCUT2D eigenvalue weighted by Crippen LogP contribution is -2.29. The van der Waals surface area contributed by atoms with Crippen LogP contribution in [0.25, 0.3) is 0 Å². The molecule has 0 aliphatic carbocycles. The minimum absolute atomic E-state index is 0.117. The number of aryl methyl sites for hydroxylation is 2. The van der Waals surface area contributed by atoms with Crippen LogP contribution in [0, 0.1) is 0 Å². The zero-order chi connectivity index (χ0) is 27.2. The quantitative estimate of drug-likeness (QED) is 0.411. The lowest BCUT2D eigenvalue weighted by molar-refractivity contribution is 0.493. The van der Waals surface area contributed by atoms with Gasteiger partial charge in [0.2, 0.25) is 0 Å². The molecule has 0 amide bonds. The Hall–Kier alpha value is -1.56. The predicted octanol–water partition coefficient (Wildman–Crippen LogP) is 10.3. The standard InChI is InChI=1S/C35H56/c1-31(2,3)26-21-19-24(23-28(26)33(7,8)9)17-16-18-25-20-22-27(32(4,5)6)30(35(13,14)15)29(25)34(10,11)12/h19-23H,16-18H2,1-15H3. The molecule has 0 spiro atoms. The number of hydrogen-bond acceptors (Lipinski definition) is 0. The van der Waals surface area contributed by atoms with Crippen molar-refractivity contribution in [1.82, 2.24) is 0 Å². The van der Waals surface area contributed by atoms with E-state index in [2.05, 4.69) is 134 Å². The third-order valence-corrected chi connectivity index (χ3v) is 7.21. The molecule has 0 nitrogen and oxygen atoms in total. The summed E-state index contributed by atoms with van der Waals surface area (Å²) in [5, 5.41) is 0. The Balaban J connectivity index is 2.46. The molecule has 0 fully saturated rings. The molecule has 0 heteroatoms. The normalized spacial score (nSPS) is 13.9. The molecule has 0 N–H and O–H groups in total. The summed E-state index contributed by atoms with van der Waals surface area (Å²) in [7, 11) is 0. The van der Waals surface area contributed by atoms with E-state index in [-0.39, 0.29) is 27.1 Å². The molecule has 196 valence electrons. The van der Waals surface area contributed by atoms with Crippen LogP contribution in [-0.2, 0) is 39.9 Å². The Morgan fingerprint density at radius 3 is 1.31 bits per heavy atom. The fourth-order valence-corrected chi connectivity index (χ4v) is 5.62. The average molecular weight is 477 g/mol. The first kappa shape index (κ1) is 29.7. The summed E-state index contributed by atoms with van der Waals surface area (Å²) in [5.41, 5.74) is 11.3. The molecular weight excluding hydrogens is 420 g/mol. The highest BCUT2D eigenvalue weighted by atomic mass is 14.4. The van der Waals surface area contributed by atoms with Gasteiger partial charge in [-0.1, -0.05) is 134 Å². The molecule has 2 rings (SSSR count). The van der Waals surface area contributed by atoms with E-state index in [1.165, 1.54) is 34.2 Å². The van der Waals surface area contributed by atoms with Crippen LogP contribution in [0.4, 0.5) is 0 Å². The van der Waals surface area contributed by atoms with Gasteiger partial charge in [-0.05, 0) is 85.3 Å². The van der Waals surface area contributed by atoms with Crippen LogP contribution in [0.5, 0.6) is 0 Å². The van der Waals surface area contributed by atoms with E-state index in [0.29, 0.717) is 0 Å². The average Bonchev–Trinajstić information content (AvgIpc) is 2.63. The highest BCUT2D eigenvalue weighted by Gasteiger charge is 2.33. The maximum atomic E-state index is 2.49. The Morgan fingerprint density at radius 2 is 0.886 bits per heavy atom. The molecule has 0 saturated heterocycles. The van der Waals surface area contributed by atoms with Crippen molar-refractivity contribution in [2.45, 2.75) is 150 Å². The van der Waals surface area contributed by atoms with E-state index in [0.717, 1.165) is 12.8 Å². The second-order valence-corrected chi connectivity index (χ2v) is 16.0. The minimum atomic E-state index is 0.117. The van der Waals surface area contributed by atoms with Gasteiger partial charge in [-0.3, -0.25) is 0 Å². The van der Waals surface area contributed by atoms with Gasteiger partial charge in [0.25, 0.3) is 0 Å². The Morgan fingerprint density at radius 1 is 0.429 bits per heavy atom. The smallest absolute Gasteiger partial charge is 0.0126 e. The van der Waals surface area contributed by atoms with Gasteiger partial charge in [-0.2, -0.15) is 0 Å². The predicted molar refractivity (Wildman–Crippen MR) is 158 cm³/mol. The summed E-state index contributed by atoms with van der Waals surface area (Å²) in [6, 6.07) is 12.1. The summed E-state index contributed by atoms with van der Waals surface area (Å²) in [6.45, 7) is 35.5. The molecule has 0 heterocycles. The minimum Gasteiger partial charge on any atom is -0.0587 e. The lowest BCUT2D eigenvalue weighted by atomic mass is 9.67. The molecule has 0 aliphatic heterocycles. The highest BCUT2D eigenvalue weighted by molar-refractivity contribution is 5.51. The summed E-state index contributed by atoms with van der Waals surface area (Å²) in [5.74, 6) is 0. The van der Waals surface area contributed by atoms with Gasteiger partial charge < -0.3 is 0 Å². The van der Waals surface area contributed by atoms with E-state index >= 15 is 0 Å². The molecule has 0 atom stereocenters. The van der Waals surface area contributed by atoms with Crippen molar-refractivity contribution >= 4 is 0 Å². The Kier molecular flexibility index (Phi) is 8.24. The number of hydrogen-bond donors (Lipinski definition) is 0. The first-order chi connectivity index (χ1) is 15.5. The van der Waals surface area contributed by atoms with Gasteiger partial charge in [-0.15, -0.1) is 0 Å². The Labute approximate surface area is 219 Å². The van der Waals surface area contributed by atoms with Crippen molar-refractivity contribution in [3.63, 3.8) is 0 Å². The number of rotatable bonds is 4. The van der Waals surface area contributed by atoms with Crippen LogP contribution in [0.1, 0.15) is 149 Å². The van der Waals surface area contributed by atoms with Gasteiger partial charge in [0.05, 0.1) is 0 Å². The SMILES string of the molecule is CC(C)(C)c1ccc(CCCc2ccc(C(C)(C)C)c(C(C)(C)C)c2C(C)(C)C)cc1C(C)(C)C. The fourth-order valence-electron chi connectivity index (χ4n) is 5.62. The van der Waals surface area contributed by atoms with Crippen LogP contribution < -0.4 is 0 Å². The summed E-state index contributed by atoms with van der Waals surface area (Å²) in [6.07, 6.45) is 3.44. The van der Waals surface area contributed by atoms with E-state index in [4.69, 9.17) is 0 Å². The van der Waals surface area contributed by atoms with Crippen molar-refractivity contribution in [2.75, 3.05) is 0 Å². The third-order valence-electron chi connectivity index (χ3n) is 7.21. The van der Waals surface area contributed by atoms with Gasteiger partial charge in [-0.25, -0.2) is 0 Å². The second-order valence-electron chi connectivity index (χ2n) is 16.0. The molecular formula is C35H56. The fraction of sp³-hybridized carbons (Fsp3) is 0.657. The van der Waals surface area contributed by atoms with Crippen molar-refractivity contribution in [2.24, 2.45) is 0 Å². The molecule has 2 aromatic rings. The first-order valence-electron chi connectivity index (χ1n) is 13.9. The van der Waals surface area contributed by atoms with Crippen molar-refractivity contribution in [3.8, 4) is 0 Å². The summed E-state index contributed by atoms with van der Waals surface area (Å²) < 4.78 is 0. The zero-order valence-corrected chi connectivity index (χ0v) is 26.0. The second kappa shape index (κ2) is 9.72. The maximum absolute atomic E-state index is 2.49. The maximum Gasteiger partial charge on any atom is -0.0126 e. The molecule has 0 unspecified atom stereocenters. The van der Waals surface area contributed by atoms with E-state index in [1.54, 1.807) is 11.1 Å². The van der Waals surface area contributed by atoms with Crippen LogP contribution in [0.15, 0.2) is 30.3 Å². The van der Waals surface area contributed by atoms with Crippen molar-refractivity contribution in [1.29, 1.82) is 0 Å². The zero-order valence-electron chi connectivity index (χ0n) is 26.0. The molecule has 0 bridgehead atoms. The van der Waals surface area contributed by atoms with Gasteiger partial charge >= 0.3 is 0 Å². The molecule has 0 saturated carbocycles. The lowest BCUT2D eigenvalue weighted by Gasteiger charge is -2.38. The molecule has 2 aromatic carbocycles. The summed E-state index contributed by atoms with van der Waals surface area (Å²) >= 11 is 0. The van der Waals surface area contributed by atoms with Crippen molar-refractivity contribution in [3.05, 3.63) is 69.3 Å². The van der Waals surface area contributed by atoms with Crippen LogP contribution >= 0.6 is 0 Å². The van der Waals surface area contributed by atoms with Gasteiger partial charge in [0.15, 0.2) is 0 Å². The first-order valence-corrected chi connectivity index (χ1v) is 13.9. The third kappa shape index (κ3) is 7.24. The molecule has 0 aliphatic rings. The Bertz CT molecular complexity index is 1010. The monoisotopic (exact) mass is 476 g/mol. The van der Waals surface area contributed by atoms with Crippen molar-refractivity contribution < 1.29 is 0 Å². The molecule has 35 heavy (non-hydrogen) atoms. The van der Waals surface area contributed by atoms with E-state index in [9.17, 15) is 0 Å². The topological polar surface area (TPSA) is 0 Å². The highest BCUT2D eigenvalue weighted by Crippen LogP contribution is 2.43. The largest absolute Gasteiger partial charge is 0.0587 e. The van der Waals surface area contributed by atoms with E-state index < -0.39 is 0 Å². The van der Waals surface area contributed by atoms with Gasteiger partial charge in [0.1, 0.15) is 0 Å². The summed E-state index contributed by atoms with van der Waals surface area (Å²) in [4.78, 5) is 0. The van der Waals surface area contributed by atoms with Gasteiger partial charge in [0, 0.05) is 0 Å². The van der Waals surface area contributed by atoms with Crippen LogP contribution in [0.3, 0.4) is 0 Å². The molecule has 0 aromatic heterocycles. The molecule has 0 radical (unpaired) electrons. The van der Waals surface area contributed by atoms with Crippen LogP contribution in [-0.4, -0.2) is 0 Å². The number of benzene rings is 2. The van der Waals surface area contributed by atoms with Crippen LogP contribution in [0.2, 0.25) is 0 Å².